The molecule has 1 fully saturated rings. The number of benzene rings is 2. The Morgan fingerprint density at radius 3 is 2.25 bits per heavy atom. The number of hydrogen-bond donors (Lipinski definition) is 0. The van der Waals surface area contributed by atoms with E-state index in [0.29, 0.717) is 6.61 Å². The number of hydrogen-bond acceptors (Lipinski definition) is 6. The van der Waals surface area contributed by atoms with Crippen molar-refractivity contribution >= 4 is 18.4 Å². The molecule has 0 aliphatic carbocycles. The fourth-order valence-electron chi connectivity index (χ4n) is 3.82. The zero-order valence-corrected chi connectivity index (χ0v) is 19.4. The van der Waals surface area contributed by atoms with E-state index < -0.39 is 12.4 Å². The van der Waals surface area contributed by atoms with Gasteiger partial charge in [0.05, 0.1) is 12.3 Å². The Bertz CT molecular complexity index is 895. The monoisotopic (exact) mass is 439 g/mol. The first-order valence-corrected chi connectivity index (χ1v) is 10.9. The van der Waals surface area contributed by atoms with E-state index in [1.807, 2.05) is 38.1 Å². The Balaban J connectivity index is 1.61. The molecule has 5 atom stereocenters. The molecule has 2 aromatic rings. The molecule has 0 radical (unpaired) electrons. The van der Waals surface area contributed by atoms with Gasteiger partial charge in [-0.3, -0.25) is 0 Å². The van der Waals surface area contributed by atoms with Crippen LogP contribution in [0.25, 0.3) is 12.2 Å². The second-order valence-corrected chi connectivity index (χ2v) is 7.78. The lowest BCUT2D eigenvalue weighted by molar-refractivity contribution is -0.308. The van der Waals surface area contributed by atoms with Gasteiger partial charge in [0, 0.05) is 20.8 Å². The van der Waals surface area contributed by atoms with Crippen molar-refractivity contribution in [3.8, 4) is 0 Å². The molecular formula is C26H33NO5. The molecule has 0 spiro atoms. The number of methoxy groups -OCH3 is 2. The van der Waals surface area contributed by atoms with Crippen LogP contribution in [-0.4, -0.2) is 57.7 Å². The van der Waals surface area contributed by atoms with Crippen molar-refractivity contribution in [2.45, 2.75) is 51.5 Å². The molecule has 0 saturated carbocycles. The van der Waals surface area contributed by atoms with Crippen molar-refractivity contribution in [3.63, 3.8) is 0 Å². The van der Waals surface area contributed by atoms with Gasteiger partial charge < -0.3 is 23.8 Å². The Labute approximate surface area is 190 Å². The highest BCUT2D eigenvalue weighted by molar-refractivity contribution is 5.80. The smallest absolute Gasteiger partial charge is 0.256 e. The quantitative estimate of drug-likeness (QED) is 0.322. The summed E-state index contributed by atoms with van der Waals surface area (Å²) < 4.78 is 23.0. The van der Waals surface area contributed by atoms with E-state index in [2.05, 4.69) is 48.5 Å². The van der Waals surface area contributed by atoms with E-state index in [1.165, 1.54) is 11.1 Å². The van der Waals surface area contributed by atoms with E-state index in [-0.39, 0.29) is 18.3 Å². The highest BCUT2D eigenvalue weighted by atomic mass is 16.8. The molecule has 172 valence electrons. The summed E-state index contributed by atoms with van der Waals surface area (Å²) in [4.78, 5) is 5.65. The van der Waals surface area contributed by atoms with E-state index in [1.54, 1.807) is 20.4 Å². The maximum absolute atomic E-state index is 5.93. The Kier molecular flexibility index (Phi) is 9.00. The van der Waals surface area contributed by atoms with Crippen LogP contribution in [0.15, 0.2) is 53.7 Å². The van der Waals surface area contributed by atoms with Crippen LogP contribution in [0.2, 0.25) is 0 Å². The highest BCUT2D eigenvalue weighted by Crippen LogP contribution is 2.28. The van der Waals surface area contributed by atoms with Gasteiger partial charge in [0.25, 0.3) is 6.29 Å². The fourth-order valence-corrected chi connectivity index (χ4v) is 3.82. The minimum Gasteiger partial charge on any atom is -0.376 e. The van der Waals surface area contributed by atoms with E-state index in [0.717, 1.165) is 11.1 Å². The molecule has 0 amide bonds. The van der Waals surface area contributed by atoms with Gasteiger partial charge in [0.2, 0.25) is 0 Å². The lowest BCUT2D eigenvalue weighted by Crippen LogP contribution is -2.59. The third-order valence-electron chi connectivity index (χ3n) is 5.44. The zero-order valence-electron chi connectivity index (χ0n) is 19.4. The fraction of sp³-hybridized carbons (Fsp3) is 0.423. The van der Waals surface area contributed by atoms with Crippen LogP contribution >= 0.6 is 0 Å². The summed E-state index contributed by atoms with van der Waals surface area (Å²) in [6.07, 6.45) is 3.94. The first-order chi connectivity index (χ1) is 15.5. The first kappa shape index (κ1) is 24.1. The predicted molar refractivity (Wildman–Crippen MR) is 127 cm³/mol. The van der Waals surface area contributed by atoms with Crippen molar-refractivity contribution in [1.82, 2.24) is 0 Å². The molecule has 0 bridgehead atoms. The highest BCUT2D eigenvalue weighted by Gasteiger charge is 2.47. The normalized spacial score (nSPS) is 26.1. The van der Waals surface area contributed by atoms with Gasteiger partial charge in [-0.25, -0.2) is 0 Å². The molecule has 1 saturated heterocycles. The van der Waals surface area contributed by atoms with Crippen LogP contribution in [0.1, 0.15) is 36.1 Å². The van der Waals surface area contributed by atoms with Gasteiger partial charge in [0.15, 0.2) is 6.10 Å². The zero-order chi connectivity index (χ0) is 22.9. The summed E-state index contributed by atoms with van der Waals surface area (Å²) in [5.41, 5.74) is 4.46. The average molecular weight is 440 g/mol. The summed E-state index contributed by atoms with van der Waals surface area (Å²) in [7, 11) is 3.24. The van der Waals surface area contributed by atoms with Gasteiger partial charge in [-0.1, -0.05) is 71.4 Å². The summed E-state index contributed by atoms with van der Waals surface area (Å²) in [6.45, 7) is 6.49. The van der Waals surface area contributed by atoms with Gasteiger partial charge in [0.1, 0.15) is 12.2 Å². The topological polar surface area (TPSA) is 58.5 Å². The first-order valence-electron chi connectivity index (χ1n) is 10.9. The second-order valence-electron chi connectivity index (χ2n) is 7.78. The molecule has 6 heteroatoms. The molecule has 1 aliphatic heterocycles. The van der Waals surface area contributed by atoms with E-state index >= 15 is 0 Å². The summed E-state index contributed by atoms with van der Waals surface area (Å²) in [6, 6.07) is 16.5. The number of ether oxygens (including phenoxy) is 4. The molecule has 32 heavy (non-hydrogen) atoms. The van der Waals surface area contributed by atoms with E-state index in [9.17, 15) is 0 Å². The number of aryl methyl sites for hydroxylation is 1. The van der Waals surface area contributed by atoms with Crippen LogP contribution in [0.3, 0.4) is 0 Å². The molecule has 0 aromatic heterocycles. The van der Waals surface area contributed by atoms with Gasteiger partial charge in [-0.15, -0.1) is 0 Å². The molecule has 3 rings (SSSR count). The maximum Gasteiger partial charge on any atom is 0.256 e. The third kappa shape index (κ3) is 6.26. The van der Waals surface area contributed by atoms with Crippen molar-refractivity contribution in [3.05, 3.63) is 70.8 Å². The van der Waals surface area contributed by atoms with Crippen LogP contribution in [0, 0.1) is 6.92 Å². The van der Waals surface area contributed by atoms with Crippen molar-refractivity contribution < 1.29 is 23.8 Å². The largest absolute Gasteiger partial charge is 0.376 e. The SMILES string of the molecule is CCO[C@@H]1[C@@H](OC)[C@H](C)O[C@@H](O/N=C\c2ccc(/C=C/c3cccc(C)c3)cc2)[C@@H]1OC. The molecule has 6 nitrogen and oxygen atoms in total. The number of rotatable bonds is 9. The molecule has 0 unspecified atom stereocenters. The minimum atomic E-state index is -0.689. The van der Waals surface area contributed by atoms with Crippen LogP contribution in [0.4, 0.5) is 0 Å². The lowest BCUT2D eigenvalue weighted by atomic mass is 9.99. The number of nitrogens with zero attached hydrogens (tertiary/aromatic N) is 1. The van der Waals surface area contributed by atoms with E-state index in [4.69, 9.17) is 23.8 Å². The summed E-state index contributed by atoms with van der Waals surface area (Å²) >= 11 is 0. The number of oxime groups is 1. The molecule has 2 aromatic carbocycles. The van der Waals surface area contributed by atoms with Crippen LogP contribution in [-0.2, 0) is 23.8 Å². The van der Waals surface area contributed by atoms with Crippen molar-refractivity contribution in [2.24, 2.45) is 5.16 Å². The molecule has 1 aliphatic rings. The van der Waals surface area contributed by atoms with Gasteiger partial charge in [-0.2, -0.15) is 0 Å². The average Bonchev–Trinajstić information content (AvgIpc) is 2.79. The molecule has 0 N–H and O–H groups in total. The van der Waals surface area contributed by atoms with Crippen molar-refractivity contribution in [2.75, 3.05) is 20.8 Å². The summed E-state index contributed by atoms with van der Waals surface area (Å²) in [5.74, 6) is 0. The van der Waals surface area contributed by atoms with Crippen LogP contribution in [0.5, 0.6) is 0 Å². The third-order valence-corrected chi connectivity index (χ3v) is 5.44. The lowest BCUT2D eigenvalue weighted by Gasteiger charge is -2.42. The summed E-state index contributed by atoms with van der Waals surface area (Å²) in [5, 5.41) is 4.13. The van der Waals surface area contributed by atoms with Gasteiger partial charge in [-0.05, 0) is 37.5 Å². The molecule has 1 heterocycles. The Hall–Kier alpha value is -2.51. The second kappa shape index (κ2) is 11.9. The van der Waals surface area contributed by atoms with Crippen LogP contribution < -0.4 is 0 Å². The minimum absolute atomic E-state index is 0.220. The molecular weight excluding hydrogens is 406 g/mol. The Morgan fingerprint density at radius 2 is 1.59 bits per heavy atom. The van der Waals surface area contributed by atoms with Gasteiger partial charge >= 0.3 is 0 Å². The Morgan fingerprint density at radius 1 is 0.906 bits per heavy atom. The maximum atomic E-state index is 5.93. The van der Waals surface area contributed by atoms with Crippen molar-refractivity contribution in [1.29, 1.82) is 0 Å². The predicted octanol–water partition coefficient (Wildman–Crippen LogP) is 4.70. The standard InChI is InChI=1S/C26H33NO5/c1-6-30-24-23(28-4)19(3)31-26(25(24)29-5)32-27-17-22-14-11-20(12-15-22)10-13-21-9-7-8-18(2)16-21/h7-17,19,23-26H,6H2,1-5H3/b13-10+,27-17-/t19-,23-,24+,25+,26-/m0/s1.